The van der Waals surface area contributed by atoms with Crippen LogP contribution in [-0.4, -0.2) is 21.5 Å². The number of ether oxygens (including phenoxy) is 1. The Morgan fingerprint density at radius 3 is 2.62 bits per heavy atom. The zero-order chi connectivity index (χ0) is 22.2. The van der Waals surface area contributed by atoms with E-state index in [9.17, 15) is 13.6 Å². The average Bonchev–Trinajstić information content (AvgIpc) is 3.36. The number of aromatic nitrogens is 3. The lowest BCUT2D eigenvalue weighted by molar-refractivity contribution is -0.0498. The fourth-order valence-corrected chi connectivity index (χ4v) is 4.76. The molecule has 164 valence electrons. The van der Waals surface area contributed by atoms with E-state index in [1.54, 1.807) is 12.1 Å². The second-order valence-electron chi connectivity index (χ2n) is 7.43. The number of halogens is 2. The molecule has 4 aromatic rings. The van der Waals surface area contributed by atoms with Gasteiger partial charge in [0.25, 0.3) is 0 Å². The maximum absolute atomic E-state index is 12.3. The van der Waals surface area contributed by atoms with Gasteiger partial charge in [-0.1, -0.05) is 11.8 Å². The largest absolute Gasteiger partial charge is 0.435 e. The molecule has 0 spiro atoms. The molecular weight excluding hydrogens is 438 g/mol. The van der Waals surface area contributed by atoms with Gasteiger partial charge in [0, 0.05) is 22.8 Å². The van der Waals surface area contributed by atoms with Crippen LogP contribution < -0.4 is 16.2 Å². The fraction of sp³-hybridized carbons (Fsp3) is 0.227. The second kappa shape index (κ2) is 8.27. The Hall–Kier alpha value is -3.40. The van der Waals surface area contributed by atoms with Crippen LogP contribution >= 0.6 is 11.8 Å². The van der Waals surface area contributed by atoms with Gasteiger partial charge in [0.1, 0.15) is 11.3 Å². The first kappa shape index (κ1) is 20.5. The molecule has 1 aliphatic rings. The summed E-state index contributed by atoms with van der Waals surface area (Å²) in [6.07, 6.45) is 3.13. The summed E-state index contributed by atoms with van der Waals surface area (Å²) in [5.74, 6) is 7.05. The van der Waals surface area contributed by atoms with Crippen LogP contribution in [0.4, 0.5) is 8.78 Å². The van der Waals surface area contributed by atoms with Crippen LogP contribution in [0.15, 0.2) is 56.8 Å². The summed E-state index contributed by atoms with van der Waals surface area (Å²) in [6, 6.07) is 11.6. The van der Waals surface area contributed by atoms with Crippen molar-refractivity contribution in [2.24, 2.45) is 0 Å². The molecule has 1 aliphatic carbocycles. The lowest BCUT2D eigenvalue weighted by atomic mass is 10.0. The van der Waals surface area contributed by atoms with E-state index in [1.165, 1.54) is 45.8 Å². The summed E-state index contributed by atoms with van der Waals surface area (Å²) in [4.78, 5) is 12.1. The highest BCUT2D eigenvalue weighted by atomic mass is 32.2. The molecule has 2 N–H and O–H groups in total. The van der Waals surface area contributed by atoms with Gasteiger partial charge in [-0.05, 0) is 72.4 Å². The van der Waals surface area contributed by atoms with Gasteiger partial charge in [-0.25, -0.2) is 9.47 Å². The quantitative estimate of drug-likeness (QED) is 0.265. The van der Waals surface area contributed by atoms with Crippen LogP contribution in [0.3, 0.4) is 0 Å². The maximum atomic E-state index is 12.3. The molecule has 5 rings (SSSR count). The number of nitrogen functional groups attached to an aromatic ring is 1. The van der Waals surface area contributed by atoms with Crippen molar-refractivity contribution in [3.63, 3.8) is 0 Å². The molecule has 0 aliphatic heterocycles. The molecule has 0 saturated heterocycles. The van der Waals surface area contributed by atoms with Crippen molar-refractivity contribution in [3.05, 3.63) is 69.6 Å². The Bertz CT molecular complexity index is 1350. The summed E-state index contributed by atoms with van der Waals surface area (Å²) in [5, 5.41) is 9.62. The minimum atomic E-state index is -2.89. The van der Waals surface area contributed by atoms with Gasteiger partial charge in [0.15, 0.2) is 5.82 Å². The molecule has 0 fully saturated rings. The highest BCUT2D eigenvalue weighted by Gasteiger charge is 2.17. The molecule has 0 atom stereocenters. The van der Waals surface area contributed by atoms with E-state index in [1.807, 2.05) is 6.07 Å². The molecule has 0 unspecified atom stereocenters. The standard InChI is InChI=1S/C22H18F2N4O3S/c23-21(24)30-16-6-4-12(5-7-16)20-26-27-22(28(20)25)32-11-15-10-19(29)31-18-9-14-3-1-2-13(14)8-17(15)18/h4-10,21H,1-3,11,25H2. The van der Waals surface area contributed by atoms with Gasteiger partial charge in [0.05, 0.1) is 0 Å². The summed E-state index contributed by atoms with van der Waals surface area (Å²) >= 11 is 1.34. The van der Waals surface area contributed by atoms with Crippen LogP contribution in [-0.2, 0) is 18.6 Å². The van der Waals surface area contributed by atoms with E-state index in [2.05, 4.69) is 21.0 Å². The Kier molecular flexibility index (Phi) is 5.30. The lowest BCUT2D eigenvalue weighted by Gasteiger charge is -2.08. The van der Waals surface area contributed by atoms with Gasteiger partial charge < -0.3 is 15.0 Å². The van der Waals surface area contributed by atoms with Gasteiger partial charge in [-0.2, -0.15) is 8.78 Å². The highest BCUT2D eigenvalue weighted by molar-refractivity contribution is 7.98. The number of hydrogen-bond donors (Lipinski definition) is 1. The Morgan fingerprint density at radius 2 is 1.88 bits per heavy atom. The Labute approximate surface area is 185 Å². The van der Waals surface area contributed by atoms with E-state index in [0.717, 1.165) is 30.2 Å². The molecule has 0 amide bonds. The third-order valence-electron chi connectivity index (χ3n) is 5.40. The van der Waals surface area contributed by atoms with Gasteiger partial charge in [0.2, 0.25) is 5.16 Å². The molecule has 2 heterocycles. The number of nitrogens with two attached hydrogens (primary N) is 1. The number of thioether (sulfide) groups is 1. The lowest BCUT2D eigenvalue weighted by Crippen LogP contribution is -2.11. The van der Waals surface area contributed by atoms with Crippen LogP contribution in [0.5, 0.6) is 5.75 Å². The first-order valence-electron chi connectivity index (χ1n) is 9.95. The number of nitrogens with zero attached hydrogens (tertiary/aromatic N) is 3. The third-order valence-corrected chi connectivity index (χ3v) is 6.39. The summed E-state index contributed by atoms with van der Waals surface area (Å²) < 4.78 is 35.8. The number of aryl methyl sites for hydroxylation is 2. The van der Waals surface area contributed by atoms with Crippen molar-refractivity contribution in [2.45, 2.75) is 36.8 Å². The van der Waals surface area contributed by atoms with Crippen molar-refractivity contribution in [1.29, 1.82) is 0 Å². The monoisotopic (exact) mass is 456 g/mol. The first-order chi connectivity index (χ1) is 15.5. The molecule has 0 bridgehead atoms. The van der Waals surface area contributed by atoms with Crippen LogP contribution in [0.25, 0.3) is 22.4 Å². The highest BCUT2D eigenvalue weighted by Crippen LogP contribution is 2.31. The zero-order valence-corrected chi connectivity index (χ0v) is 17.6. The summed E-state index contributed by atoms with van der Waals surface area (Å²) in [7, 11) is 0. The van der Waals surface area contributed by atoms with Gasteiger partial charge in [-0.15, -0.1) is 10.2 Å². The third kappa shape index (κ3) is 3.93. The second-order valence-corrected chi connectivity index (χ2v) is 8.37. The van der Waals surface area contributed by atoms with Crippen molar-refractivity contribution in [3.8, 4) is 17.1 Å². The number of benzene rings is 2. The van der Waals surface area contributed by atoms with E-state index in [-0.39, 0.29) is 5.75 Å². The molecule has 0 radical (unpaired) electrons. The van der Waals surface area contributed by atoms with Crippen LogP contribution in [0, 0.1) is 0 Å². The Balaban J connectivity index is 1.39. The Morgan fingerprint density at radius 1 is 1.12 bits per heavy atom. The van der Waals surface area contributed by atoms with Crippen molar-refractivity contribution >= 4 is 22.7 Å². The number of hydrogen-bond acceptors (Lipinski definition) is 7. The molecule has 0 saturated carbocycles. The summed E-state index contributed by atoms with van der Waals surface area (Å²) in [5.41, 5.74) is 4.17. The molecule has 2 aromatic heterocycles. The fourth-order valence-electron chi connectivity index (χ4n) is 3.91. The predicted molar refractivity (Wildman–Crippen MR) is 116 cm³/mol. The van der Waals surface area contributed by atoms with E-state index >= 15 is 0 Å². The van der Waals surface area contributed by atoms with E-state index in [4.69, 9.17) is 10.3 Å². The van der Waals surface area contributed by atoms with E-state index in [0.29, 0.717) is 27.9 Å². The number of alkyl halides is 2. The molecule has 7 nitrogen and oxygen atoms in total. The smallest absolute Gasteiger partial charge is 0.387 e. The topological polar surface area (TPSA) is 96.2 Å². The van der Waals surface area contributed by atoms with Crippen molar-refractivity contribution < 1.29 is 17.9 Å². The molecule has 32 heavy (non-hydrogen) atoms. The van der Waals surface area contributed by atoms with Crippen molar-refractivity contribution in [2.75, 3.05) is 5.84 Å². The van der Waals surface area contributed by atoms with E-state index < -0.39 is 12.2 Å². The first-order valence-corrected chi connectivity index (χ1v) is 10.9. The molecule has 2 aromatic carbocycles. The average molecular weight is 456 g/mol. The van der Waals surface area contributed by atoms with Crippen LogP contribution in [0.2, 0.25) is 0 Å². The SMILES string of the molecule is Nn1c(SCc2cc(=O)oc3cc4c(cc23)CCC4)nnc1-c1ccc(OC(F)F)cc1. The number of rotatable bonds is 6. The predicted octanol–water partition coefficient (Wildman–Crippen LogP) is 4.15. The van der Waals surface area contributed by atoms with Gasteiger partial charge in [-0.3, -0.25) is 0 Å². The minimum absolute atomic E-state index is 0.0442. The molecule has 10 heteroatoms. The molecular formula is C22H18F2N4O3S. The number of fused-ring (bicyclic) bond motifs is 2. The zero-order valence-electron chi connectivity index (χ0n) is 16.8. The normalized spacial score (nSPS) is 13.1. The van der Waals surface area contributed by atoms with Crippen LogP contribution in [0.1, 0.15) is 23.1 Å². The summed E-state index contributed by atoms with van der Waals surface area (Å²) in [6.45, 7) is -2.89. The minimum Gasteiger partial charge on any atom is -0.435 e. The van der Waals surface area contributed by atoms with Gasteiger partial charge >= 0.3 is 12.2 Å². The maximum Gasteiger partial charge on any atom is 0.387 e. The van der Waals surface area contributed by atoms with Crippen molar-refractivity contribution in [1.82, 2.24) is 14.9 Å².